The number of carbonyl (C=O) groups excluding carboxylic acids is 2. The molecule has 6 nitrogen and oxygen atoms in total. The van der Waals surface area contributed by atoms with Gasteiger partial charge in [0.25, 0.3) is 11.8 Å². The molecule has 2 amide bonds. The van der Waals surface area contributed by atoms with Crippen LogP contribution in [-0.2, 0) is 0 Å². The summed E-state index contributed by atoms with van der Waals surface area (Å²) < 4.78 is 11.2. The first-order valence-corrected chi connectivity index (χ1v) is 11.1. The van der Waals surface area contributed by atoms with E-state index in [1.54, 1.807) is 0 Å². The quantitative estimate of drug-likeness (QED) is 0.630. The number of hydrogen-bond donors (Lipinski definition) is 0. The molecule has 5 rings (SSSR count). The Balaban J connectivity index is 1.24. The Morgan fingerprint density at radius 3 is 2.16 bits per heavy atom. The summed E-state index contributed by atoms with van der Waals surface area (Å²) >= 11 is 1.47. The molecule has 1 fully saturated rings. The maximum Gasteiger partial charge on any atom is 0.264 e. The summed E-state index contributed by atoms with van der Waals surface area (Å²) in [6.45, 7) is 3.26. The first kappa shape index (κ1) is 19.6. The molecule has 158 valence electrons. The van der Waals surface area contributed by atoms with Crippen LogP contribution in [0.5, 0.6) is 11.5 Å². The van der Waals surface area contributed by atoms with E-state index in [4.69, 9.17) is 9.47 Å². The van der Waals surface area contributed by atoms with Crippen LogP contribution >= 0.6 is 11.3 Å². The van der Waals surface area contributed by atoms with Gasteiger partial charge in [-0.15, -0.1) is 11.3 Å². The molecule has 3 heterocycles. The predicted octanol–water partition coefficient (Wildman–Crippen LogP) is 3.78. The SMILES string of the molecule is O=C(c1ccccc1)N1CCN(C(=O)c2ccc(-c3ccc4c(c3)OCCO4)s2)CC1. The van der Waals surface area contributed by atoms with E-state index >= 15 is 0 Å². The largest absolute Gasteiger partial charge is 0.486 e. The Kier molecular flexibility index (Phi) is 5.34. The van der Waals surface area contributed by atoms with Crippen LogP contribution < -0.4 is 9.47 Å². The molecule has 0 unspecified atom stereocenters. The highest BCUT2D eigenvalue weighted by Gasteiger charge is 2.26. The molecule has 0 radical (unpaired) electrons. The lowest BCUT2D eigenvalue weighted by atomic mass is 10.1. The van der Waals surface area contributed by atoms with Crippen molar-refractivity contribution in [3.05, 3.63) is 71.1 Å². The van der Waals surface area contributed by atoms with Crippen molar-refractivity contribution in [1.29, 1.82) is 0 Å². The summed E-state index contributed by atoms with van der Waals surface area (Å²) in [4.78, 5) is 31.0. The van der Waals surface area contributed by atoms with E-state index in [0.29, 0.717) is 49.8 Å². The minimum absolute atomic E-state index is 0.0144. The summed E-state index contributed by atoms with van der Waals surface area (Å²) in [5.74, 6) is 1.53. The molecule has 3 aromatic rings. The van der Waals surface area contributed by atoms with E-state index < -0.39 is 0 Å². The van der Waals surface area contributed by atoms with E-state index in [1.165, 1.54) is 11.3 Å². The lowest BCUT2D eigenvalue weighted by Gasteiger charge is -2.34. The Bertz CT molecular complexity index is 1100. The summed E-state index contributed by atoms with van der Waals surface area (Å²) in [6.07, 6.45) is 0. The number of ether oxygens (including phenoxy) is 2. The third-order valence-corrected chi connectivity index (χ3v) is 6.64. The molecule has 2 aromatic carbocycles. The fourth-order valence-electron chi connectivity index (χ4n) is 3.84. The Morgan fingerprint density at radius 2 is 1.42 bits per heavy atom. The number of piperazine rings is 1. The fourth-order valence-corrected chi connectivity index (χ4v) is 4.81. The van der Waals surface area contributed by atoms with Crippen LogP contribution in [0.25, 0.3) is 10.4 Å². The zero-order chi connectivity index (χ0) is 21.2. The van der Waals surface area contributed by atoms with Crippen molar-refractivity contribution in [3.63, 3.8) is 0 Å². The molecule has 1 aromatic heterocycles. The predicted molar refractivity (Wildman–Crippen MR) is 119 cm³/mol. The third-order valence-electron chi connectivity index (χ3n) is 5.52. The van der Waals surface area contributed by atoms with Crippen molar-refractivity contribution in [2.45, 2.75) is 0 Å². The normalized spacial score (nSPS) is 15.6. The second kappa shape index (κ2) is 8.43. The third kappa shape index (κ3) is 4.01. The number of carbonyl (C=O) groups is 2. The lowest BCUT2D eigenvalue weighted by molar-refractivity contribution is 0.0538. The molecule has 0 spiro atoms. The van der Waals surface area contributed by atoms with E-state index in [9.17, 15) is 9.59 Å². The van der Waals surface area contributed by atoms with Gasteiger partial charge < -0.3 is 19.3 Å². The molecule has 2 aliphatic heterocycles. The van der Waals surface area contributed by atoms with Gasteiger partial charge in [-0.05, 0) is 48.0 Å². The second-order valence-corrected chi connectivity index (χ2v) is 8.56. The zero-order valence-corrected chi connectivity index (χ0v) is 17.8. The topological polar surface area (TPSA) is 59.1 Å². The molecule has 0 saturated carbocycles. The van der Waals surface area contributed by atoms with Crippen molar-refractivity contribution in [1.82, 2.24) is 9.80 Å². The number of amides is 2. The number of hydrogen-bond acceptors (Lipinski definition) is 5. The number of fused-ring (bicyclic) bond motifs is 1. The van der Waals surface area contributed by atoms with Crippen LogP contribution in [0.4, 0.5) is 0 Å². The van der Waals surface area contributed by atoms with Crippen LogP contribution in [0.2, 0.25) is 0 Å². The minimum atomic E-state index is 0.0144. The minimum Gasteiger partial charge on any atom is -0.486 e. The van der Waals surface area contributed by atoms with Crippen LogP contribution in [0, 0.1) is 0 Å². The van der Waals surface area contributed by atoms with E-state index in [2.05, 4.69) is 0 Å². The van der Waals surface area contributed by atoms with Crippen LogP contribution in [0.15, 0.2) is 60.7 Å². The van der Waals surface area contributed by atoms with E-state index in [-0.39, 0.29) is 11.8 Å². The number of rotatable bonds is 3. The molecule has 31 heavy (non-hydrogen) atoms. The Labute approximate surface area is 184 Å². The number of nitrogens with zero attached hydrogens (tertiary/aromatic N) is 2. The molecule has 0 bridgehead atoms. The van der Waals surface area contributed by atoms with Gasteiger partial charge in [0.1, 0.15) is 13.2 Å². The van der Waals surface area contributed by atoms with Crippen molar-refractivity contribution in [3.8, 4) is 21.9 Å². The Hall–Kier alpha value is -3.32. The second-order valence-electron chi connectivity index (χ2n) is 7.47. The molecular weight excluding hydrogens is 412 g/mol. The van der Waals surface area contributed by atoms with Gasteiger partial charge in [0.05, 0.1) is 4.88 Å². The fraction of sp³-hybridized carbons (Fsp3) is 0.250. The highest BCUT2D eigenvalue weighted by atomic mass is 32.1. The number of thiophene rings is 1. The van der Waals surface area contributed by atoms with Crippen LogP contribution in [0.1, 0.15) is 20.0 Å². The lowest BCUT2D eigenvalue weighted by Crippen LogP contribution is -2.50. The van der Waals surface area contributed by atoms with Gasteiger partial charge >= 0.3 is 0 Å². The summed E-state index contributed by atoms with van der Waals surface area (Å²) in [7, 11) is 0. The first-order chi connectivity index (χ1) is 15.2. The van der Waals surface area contributed by atoms with Crippen molar-refractivity contribution < 1.29 is 19.1 Å². The van der Waals surface area contributed by atoms with Gasteiger partial charge in [-0.3, -0.25) is 9.59 Å². The van der Waals surface area contributed by atoms with Crippen LogP contribution in [0.3, 0.4) is 0 Å². The molecule has 1 saturated heterocycles. The standard InChI is InChI=1S/C24H22N2O4S/c27-23(17-4-2-1-3-5-17)25-10-12-26(13-11-25)24(28)22-9-8-21(31-22)18-6-7-19-20(16-18)30-15-14-29-19/h1-9,16H,10-15H2. The van der Waals surface area contributed by atoms with Crippen LogP contribution in [-0.4, -0.2) is 61.0 Å². The molecule has 2 aliphatic rings. The molecule has 7 heteroatoms. The van der Waals surface area contributed by atoms with Gasteiger partial charge in [-0.1, -0.05) is 18.2 Å². The van der Waals surface area contributed by atoms with Crippen molar-refractivity contribution in [2.24, 2.45) is 0 Å². The van der Waals surface area contributed by atoms with Gasteiger partial charge in [-0.25, -0.2) is 0 Å². The molecule has 0 atom stereocenters. The smallest absolute Gasteiger partial charge is 0.264 e. The zero-order valence-electron chi connectivity index (χ0n) is 17.0. The molecule has 0 N–H and O–H groups in total. The first-order valence-electron chi connectivity index (χ1n) is 10.3. The molecule has 0 aliphatic carbocycles. The van der Waals surface area contributed by atoms with Gasteiger partial charge in [0.2, 0.25) is 0 Å². The highest BCUT2D eigenvalue weighted by molar-refractivity contribution is 7.17. The average Bonchev–Trinajstić information content (AvgIpc) is 3.34. The van der Waals surface area contributed by atoms with E-state index in [1.807, 2.05) is 70.5 Å². The summed E-state index contributed by atoms with van der Waals surface area (Å²) in [5.41, 5.74) is 1.69. The van der Waals surface area contributed by atoms with Crippen molar-refractivity contribution >= 4 is 23.2 Å². The average molecular weight is 435 g/mol. The monoisotopic (exact) mass is 434 g/mol. The highest BCUT2D eigenvalue weighted by Crippen LogP contribution is 2.37. The van der Waals surface area contributed by atoms with Gasteiger partial charge in [-0.2, -0.15) is 0 Å². The van der Waals surface area contributed by atoms with Gasteiger partial charge in [0, 0.05) is 36.6 Å². The van der Waals surface area contributed by atoms with Crippen molar-refractivity contribution in [2.75, 3.05) is 39.4 Å². The molecular formula is C24H22N2O4S. The maximum atomic E-state index is 13.0. The van der Waals surface area contributed by atoms with E-state index in [0.717, 1.165) is 21.9 Å². The number of benzene rings is 2. The summed E-state index contributed by atoms with van der Waals surface area (Å²) in [5, 5.41) is 0. The maximum absolute atomic E-state index is 13.0. The Morgan fingerprint density at radius 1 is 0.742 bits per heavy atom. The summed E-state index contributed by atoms with van der Waals surface area (Å²) in [6, 6.07) is 19.0. The van der Waals surface area contributed by atoms with Gasteiger partial charge in [0.15, 0.2) is 11.5 Å².